The van der Waals surface area contributed by atoms with Crippen molar-refractivity contribution in [3.8, 4) is 0 Å². The van der Waals surface area contributed by atoms with Crippen LogP contribution in [0.5, 0.6) is 0 Å². The van der Waals surface area contributed by atoms with Crippen molar-refractivity contribution in [3.05, 3.63) is 17.5 Å². The van der Waals surface area contributed by atoms with Crippen molar-refractivity contribution < 1.29 is 0 Å². The first-order valence-corrected chi connectivity index (χ1v) is 8.67. The highest BCUT2D eigenvalue weighted by Crippen LogP contribution is 2.11. The molecule has 0 radical (unpaired) electrons. The van der Waals surface area contributed by atoms with Crippen LogP contribution >= 0.6 is 35.3 Å². The Hall–Kier alpha value is 0.0600. The minimum Gasteiger partial charge on any atom is -0.216 e. The van der Waals surface area contributed by atoms with E-state index in [0.29, 0.717) is 0 Å². The molecule has 0 amide bonds. The molecule has 84 valence electrons. The lowest BCUT2D eigenvalue weighted by Crippen LogP contribution is -2.05. The summed E-state index contributed by atoms with van der Waals surface area (Å²) in [5, 5.41) is 0. The summed E-state index contributed by atoms with van der Waals surface area (Å²) in [5.74, 6) is 5.32. The molecule has 0 N–H and O–H groups in total. The molecular formula is C9H15N3S3. The third kappa shape index (κ3) is 4.61. The van der Waals surface area contributed by atoms with Crippen LogP contribution in [-0.4, -0.2) is 33.7 Å². The predicted octanol–water partition coefficient (Wildman–Crippen LogP) is 2.46. The second kappa shape index (κ2) is 7.35. The van der Waals surface area contributed by atoms with E-state index in [1.165, 1.54) is 0 Å². The van der Waals surface area contributed by atoms with Crippen LogP contribution in [0.1, 0.15) is 17.5 Å². The van der Waals surface area contributed by atoms with Gasteiger partial charge in [0.2, 0.25) is 0 Å². The van der Waals surface area contributed by atoms with Crippen LogP contribution in [0.4, 0.5) is 0 Å². The van der Waals surface area contributed by atoms with E-state index < -0.39 is 0 Å². The molecule has 0 saturated carbocycles. The van der Waals surface area contributed by atoms with Gasteiger partial charge >= 0.3 is 0 Å². The van der Waals surface area contributed by atoms with Gasteiger partial charge in [-0.2, -0.15) is 35.3 Å². The van der Waals surface area contributed by atoms with Crippen molar-refractivity contribution in [3.63, 3.8) is 0 Å². The highest BCUT2D eigenvalue weighted by molar-refractivity contribution is 7.98. The Morgan fingerprint density at radius 1 is 0.667 bits per heavy atom. The van der Waals surface area contributed by atoms with E-state index in [9.17, 15) is 0 Å². The first kappa shape index (κ1) is 13.1. The molecular weight excluding hydrogens is 246 g/mol. The van der Waals surface area contributed by atoms with Crippen molar-refractivity contribution in [1.29, 1.82) is 0 Å². The lowest BCUT2D eigenvalue weighted by molar-refractivity contribution is 0.855. The van der Waals surface area contributed by atoms with Crippen molar-refractivity contribution >= 4 is 35.3 Å². The van der Waals surface area contributed by atoms with Crippen LogP contribution in [0.2, 0.25) is 0 Å². The third-order valence-electron chi connectivity index (χ3n) is 1.59. The summed E-state index contributed by atoms with van der Waals surface area (Å²) in [5.41, 5.74) is 0. The molecule has 0 aromatic carbocycles. The maximum absolute atomic E-state index is 4.42. The maximum atomic E-state index is 4.42. The largest absolute Gasteiger partial charge is 0.216 e. The van der Waals surface area contributed by atoms with Gasteiger partial charge in [-0.25, -0.2) is 15.0 Å². The lowest BCUT2D eigenvalue weighted by atomic mass is 10.5. The number of nitrogens with zero attached hydrogens (tertiary/aromatic N) is 3. The van der Waals surface area contributed by atoms with Crippen molar-refractivity contribution in [2.45, 2.75) is 17.3 Å². The molecule has 0 aliphatic carbocycles. The zero-order chi connectivity index (χ0) is 11.1. The second-order valence-electron chi connectivity index (χ2n) is 2.88. The van der Waals surface area contributed by atoms with E-state index in [4.69, 9.17) is 0 Å². The predicted molar refractivity (Wildman–Crippen MR) is 71.5 cm³/mol. The normalized spacial score (nSPS) is 10.6. The fourth-order valence-corrected chi connectivity index (χ4v) is 2.26. The Bertz CT molecular complexity index is 247. The first-order chi connectivity index (χ1) is 7.30. The van der Waals surface area contributed by atoms with Crippen LogP contribution in [0.3, 0.4) is 0 Å². The average Bonchev–Trinajstić information content (AvgIpc) is 2.19. The standard InChI is InChI=1S/C9H15N3S3/c1-13-4-7-10-8(5-14-2)12-9(11-7)6-15-3/h4-6H2,1-3H3. The minimum absolute atomic E-state index is 0.866. The van der Waals surface area contributed by atoms with E-state index in [0.717, 1.165) is 34.7 Å². The summed E-state index contributed by atoms with van der Waals surface area (Å²) in [6.07, 6.45) is 6.19. The second-order valence-corrected chi connectivity index (χ2v) is 5.48. The van der Waals surface area contributed by atoms with Gasteiger partial charge in [0.1, 0.15) is 17.5 Å². The molecule has 0 unspecified atom stereocenters. The zero-order valence-corrected chi connectivity index (χ0v) is 11.6. The van der Waals surface area contributed by atoms with Gasteiger partial charge in [-0.1, -0.05) is 0 Å². The third-order valence-corrected chi connectivity index (χ3v) is 3.24. The molecule has 1 heterocycles. The molecule has 6 heteroatoms. The molecule has 0 bridgehead atoms. The monoisotopic (exact) mass is 261 g/mol. The van der Waals surface area contributed by atoms with Crippen LogP contribution in [0.15, 0.2) is 0 Å². The molecule has 0 aliphatic rings. The smallest absolute Gasteiger partial charge is 0.142 e. The Labute approximate surface area is 104 Å². The van der Waals surface area contributed by atoms with E-state index in [1.807, 2.05) is 0 Å². The van der Waals surface area contributed by atoms with Gasteiger partial charge in [0.05, 0.1) is 17.3 Å². The van der Waals surface area contributed by atoms with Crippen LogP contribution < -0.4 is 0 Å². The highest BCUT2D eigenvalue weighted by Gasteiger charge is 2.05. The quantitative estimate of drug-likeness (QED) is 0.783. The summed E-state index contributed by atoms with van der Waals surface area (Å²) >= 11 is 5.23. The number of hydrogen-bond donors (Lipinski definition) is 0. The molecule has 0 aliphatic heterocycles. The maximum Gasteiger partial charge on any atom is 0.142 e. The summed E-state index contributed by atoms with van der Waals surface area (Å²) in [7, 11) is 0. The van der Waals surface area contributed by atoms with Gasteiger partial charge in [-0.15, -0.1) is 0 Å². The molecule has 0 fully saturated rings. The van der Waals surface area contributed by atoms with Crippen LogP contribution in [0.25, 0.3) is 0 Å². The molecule has 0 spiro atoms. The van der Waals surface area contributed by atoms with Crippen LogP contribution in [0, 0.1) is 0 Å². The molecule has 0 atom stereocenters. The number of hydrogen-bond acceptors (Lipinski definition) is 6. The molecule has 3 nitrogen and oxygen atoms in total. The fourth-order valence-electron chi connectivity index (χ4n) is 1.10. The first-order valence-electron chi connectivity index (χ1n) is 4.49. The Kier molecular flexibility index (Phi) is 6.43. The van der Waals surface area contributed by atoms with Crippen molar-refractivity contribution in [2.24, 2.45) is 0 Å². The van der Waals surface area contributed by atoms with Gasteiger partial charge in [-0.05, 0) is 18.8 Å². The summed E-state index contributed by atoms with van der Waals surface area (Å²) in [4.78, 5) is 13.3. The molecule has 1 rings (SSSR count). The van der Waals surface area contributed by atoms with E-state index >= 15 is 0 Å². The Morgan fingerprint density at radius 2 is 0.933 bits per heavy atom. The van der Waals surface area contributed by atoms with Gasteiger partial charge < -0.3 is 0 Å². The zero-order valence-electron chi connectivity index (χ0n) is 9.19. The van der Waals surface area contributed by atoms with Crippen molar-refractivity contribution in [1.82, 2.24) is 15.0 Å². The summed E-state index contributed by atoms with van der Waals surface area (Å²) < 4.78 is 0. The molecule has 1 aromatic rings. The number of rotatable bonds is 6. The summed E-state index contributed by atoms with van der Waals surface area (Å²) in [6, 6.07) is 0. The van der Waals surface area contributed by atoms with Gasteiger partial charge in [0.15, 0.2) is 0 Å². The number of thioether (sulfide) groups is 3. The van der Waals surface area contributed by atoms with Crippen molar-refractivity contribution in [2.75, 3.05) is 18.8 Å². The Balaban J connectivity index is 2.86. The highest BCUT2D eigenvalue weighted by atomic mass is 32.2. The summed E-state index contributed by atoms with van der Waals surface area (Å²) in [6.45, 7) is 0. The van der Waals surface area contributed by atoms with E-state index in [-0.39, 0.29) is 0 Å². The fraction of sp³-hybridized carbons (Fsp3) is 0.667. The molecule has 0 saturated heterocycles. The van der Waals surface area contributed by atoms with E-state index in [2.05, 4.69) is 33.7 Å². The van der Waals surface area contributed by atoms with E-state index in [1.54, 1.807) is 35.3 Å². The minimum atomic E-state index is 0.866. The lowest BCUT2D eigenvalue weighted by Gasteiger charge is -2.04. The van der Waals surface area contributed by atoms with Gasteiger partial charge in [0, 0.05) is 0 Å². The Morgan fingerprint density at radius 3 is 1.13 bits per heavy atom. The van der Waals surface area contributed by atoms with Gasteiger partial charge in [0.25, 0.3) is 0 Å². The van der Waals surface area contributed by atoms with Gasteiger partial charge in [-0.3, -0.25) is 0 Å². The SMILES string of the molecule is CSCc1nc(CSC)nc(CSC)n1. The number of aromatic nitrogens is 3. The molecule has 15 heavy (non-hydrogen) atoms. The molecule has 1 aromatic heterocycles. The topological polar surface area (TPSA) is 38.7 Å². The average molecular weight is 261 g/mol. The van der Waals surface area contributed by atoms with Crippen LogP contribution in [-0.2, 0) is 17.3 Å².